The van der Waals surface area contributed by atoms with Gasteiger partial charge in [-0.25, -0.2) is 4.79 Å². The van der Waals surface area contributed by atoms with Gasteiger partial charge in [0.1, 0.15) is 17.7 Å². The topological polar surface area (TPSA) is 87.7 Å². The van der Waals surface area contributed by atoms with Crippen molar-refractivity contribution >= 4 is 29.7 Å². The second-order valence-corrected chi connectivity index (χ2v) is 12.7. The van der Waals surface area contributed by atoms with Crippen molar-refractivity contribution in [1.82, 2.24) is 10.2 Å². The zero-order valence-electron chi connectivity index (χ0n) is 27.4. The van der Waals surface area contributed by atoms with E-state index in [4.69, 9.17) is 4.74 Å². The highest BCUT2D eigenvalue weighted by Gasteiger charge is 2.36. The highest BCUT2D eigenvalue weighted by molar-refractivity contribution is 5.99. The molecule has 2 N–H and O–H groups in total. The number of benzene rings is 2. The summed E-state index contributed by atoms with van der Waals surface area (Å²) in [6.45, 7) is 17.8. The Morgan fingerprint density at radius 3 is 2.28 bits per heavy atom. The van der Waals surface area contributed by atoms with Gasteiger partial charge in [-0.3, -0.25) is 9.59 Å². The Bertz CT molecular complexity index is 1200. The smallest absolute Gasteiger partial charge is 0.408 e. The average Bonchev–Trinajstić information content (AvgIpc) is 2.93. The highest BCUT2D eigenvalue weighted by atomic mass is 16.6. The van der Waals surface area contributed by atoms with Crippen molar-refractivity contribution in [3.8, 4) is 0 Å². The molecule has 0 aromatic heterocycles. The van der Waals surface area contributed by atoms with Crippen molar-refractivity contribution in [3.63, 3.8) is 0 Å². The Balaban J connectivity index is 2.56. The predicted octanol–water partition coefficient (Wildman–Crippen LogP) is 8.45. The van der Waals surface area contributed by atoms with Crippen molar-refractivity contribution in [1.29, 1.82) is 0 Å². The van der Waals surface area contributed by atoms with E-state index in [2.05, 4.69) is 24.1 Å². The zero-order valence-corrected chi connectivity index (χ0v) is 27.4. The van der Waals surface area contributed by atoms with E-state index >= 15 is 0 Å². The second kappa shape index (κ2) is 17.5. The van der Waals surface area contributed by atoms with Gasteiger partial charge in [0.05, 0.1) is 0 Å². The first-order valence-electron chi connectivity index (χ1n) is 15.7. The molecule has 43 heavy (non-hydrogen) atoms. The molecule has 0 fully saturated rings. The van der Waals surface area contributed by atoms with Gasteiger partial charge in [-0.05, 0) is 75.3 Å². The maximum absolute atomic E-state index is 14.5. The number of hydrogen-bond donors (Lipinski definition) is 2. The Morgan fingerprint density at radius 2 is 1.65 bits per heavy atom. The van der Waals surface area contributed by atoms with Crippen molar-refractivity contribution in [2.75, 3.05) is 11.9 Å². The van der Waals surface area contributed by atoms with Crippen LogP contribution < -0.4 is 10.6 Å². The van der Waals surface area contributed by atoms with E-state index in [0.717, 1.165) is 43.2 Å². The molecule has 2 aromatic carbocycles. The first kappa shape index (κ1) is 35.6. The highest BCUT2D eigenvalue weighted by Crippen LogP contribution is 2.28. The summed E-state index contributed by atoms with van der Waals surface area (Å²) >= 11 is 0. The van der Waals surface area contributed by atoms with Gasteiger partial charge < -0.3 is 20.3 Å². The lowest BCUT2D eigenvalue weighted by Gasteiger charge is -2.35. The number of amides is 3. The molecule has 3 amide bonds. The minimum atomic E-state index is -0.919. The van der Waals surface area contributed by atoms with E-state index in [1.54, 1.807) is 31.7 Å². The third-order valence-electron chi connectivity index (χ3n) is 7.16. The molecular formula is C36H53N3O4. The number of rotatable bonds is 16. The number of anilines is 1. The van der Waals surface area contributed by atoms with Crippen LogP contribution in [0.2, 0.25) is 0 Å². The normalized spacial score (nSPS) is 12.7. The van der Waals surface area contributed by atoms with Crippen LogP contribution in [0.4, 0.5) is 10.5 Å². The fourth-order valence-corrected chi connectivity index (χ4v) is 5.02. The van der Waals surface area contributed by atoms with Crippen LogP contribution in [0, 0.1) is 12.8 Å². The maximum Gasteiger partial charge on any atom is 0.408 e. The lowest BCUT2D eigenvalue weighted by Crippen LogP contribution is -2.53. The zero-order chi connectivity index (χ0) is 32.0. The minimum Gasteiger partial charge on any atom is -0.444 e. The van der Waals surface area contributed by atoms with E-state index in [9.17, 15) is 14.4 Å². The van der Waals surface area contributed by atoms with Crippen LogP contribution in [0.3, 0.4) is 0 Å². The van der Waals surface area contributed by atoms with Crippen LogP contribution in [0.1, 0.15) is 109 Å². The Kier molecular flexibility index (Phi) is 14.5. The molecule has 0 aliphatic carbocycles. The molecule has 0 aliphatic heterocycles. The molecule has 0 bridgehead atoms. The molecule has 2 unspecified atom stereocenters. The summed E-state index contributed by atoms with van der Waals surface area (Å²) in [5, 5.41) is 5.91. The first-order chi connectivity index (χ1) is 20.4. The first-order valence-corrected chi connectivity index (χ1v) is 15.7. The minimum absolute atomic E-state index is 0.114. The Morgan fingerprint density at radius 1 is 0.977 bits per heavy atom. The Labute approximate surface area is 259 Å². The molecule has 0 saturated heterocycles. The largest absolute Gasteiger partial charge is 0.444 e. The molecule has 7 heteroatoms. The molecule has 2 rings (SSSR count). The number of para-hydroxylation sites is 1. The molecule has 0 aliphatic rings. The number of ether oxygens (including phenoxy) is 1. The lowest BCUT2D eigenvalue weighted by molar-refractivity contribution is -0.141. The molecule has 0 saturated carbocycles. The molecular weight excluding hydrogens is 538 g/mol. The van der Waals surface area contributed by atoms with Crippen molar-refractivity contribution in [3.05, 3.63) is 71.8 Å². The number of alkyl carbamates (subject to hydrolysis) is 1. The fraction of sp³-hybridized carbons (Fsp3) is 0.528. The molecule has 2 atom stereocenters. The van der Waals surface area contributed by atoms with Crippen molar-refractivity contribution in [2.45, 2.75) is 111 Å². The fourth-order valence-electron chi connectivity index (χ4n) is 5.02. The van der Waals surface area contributed by atoms with Crippen LogP contribution >= 0.6 is 0 Å². The van der Waals surface area contributed by atoms with Gasteiger partial charge in [-0.15, -0.1) is 0 Å². The molecule has 236 valence electrons. The van der Waals surface area contributed by atoms with E-state index in [-0.39, 0.29) is 17.7 Å². The summed E-state index contributed by atoms with van der Waals surface area (Å²) in [6.07, 6.45) is 7.69. The molecule has 0 radical (unpaired) electrons. The van der Waals surface area contributed by atoms with E-state index in [0.29, 0.717) is 24.2 Å². The van der Waals surface area contributed by atoms with Crippen LogP contribution in [0.25, 0.3) is 6.08 Å². The van der Waals surface area contributed by atoms with Gasteiger partial charge in [0.15, 0.2) is 0 Å². The summed E-state index contributed by atoms with van der Waals surface area (Å²) in [5.41, 5.74) is 2.43. The molecule has 0 spiro atoms. The van der Waals surface area contributed by atoms with Gasteiger partial charge in [-0.2, -0.15) is 0 Å². The van der Waals surface area contributed by atoms with Crippen LogP contribution in [0.5, 0.6) is 0 Å². The summed E-state index contributed by atoms with van der Waals surface area (Å²) in [7, 11) is 0. The average molecular weight is 592 g/mol. The SMILES string of the molecule is C=Cc1cccc(C(C(=O)Nc2ccccc2C)N(CCCCCCCC)C(=O)C(CC(C)C)NC(=O)OC(C)(C)C)c1. The molecule has 0 heterocycles. The summed E-state index contributed by atoms with van der Waals surface area (Å²) in [4.78, 5) is 43.2. The van der Waals surface area contributed by atoms with Gasteiger partial charge in [0.25, 0.3) is 5.91 Å². The third kappa shape index (κ3) is 12.3. The maximum atomic E-state index is 14.5. The second-order valence-electron chi connectivity index (χ2n) is 12.7. The third-order valence-corrected chi connectivity index (χ3v) is 7.16. The summed E-state index contributed by atoms with van der Waals surface area (Å²) < 4.78 is 5.52. The number of aryl methyl sites for hydroxylation is 1. The number of nitrogens with zero attached hydrogens (tertiary/aromatic N) is 1. The number of carbonyl (C=O) groups excluding carboxylic acids is 3. The Hall–Kier alpha value is -3.61. The van der Waals surface area contributed by atoms with Crippen LogP contribution in [-0.2, 0) is 14.3 Å². The predicted molar refractivity (Wildman–Crippen MR) is 177 cm³/mol. The lowest BCUT2D eigenvalue weighted by atomic mass is 9.97. The number of carbonyl (C=O) groups is 3. The number of nitrogens with one attached hydrogen (secondary N) is 2. The van der Waals surface area contributed by atoms with Crippen molar-refractivity contribution < 1.29 is 19.1 Å². The standard InChI is InChI=1S/C36H53N3O4/c1-9-11-12-13-14-17-23-39(34(41)31(24-26(3)4)38-35(42)43-36(6,7)8)32(29-21-18-20-28(10-2)25-29)33(40)37-30-22-16-15-19-27(30)5/h10,15-16,18-22,25-26,31-32H,2,9,11-14,17,23-24H2,1,3-8H3,(H,37,40)(H,38,42). The van der Waals surface area contributed by atoms with Gasteiger partial charge >= 0.3 is 6.09 Å². The summed E-state index contributed by atoms with van der Waals surface area (Å²) in [6, 6.07) is 13.4. The summed E-state index contributed by atoms with van der Waals surface area (Å²) in [5.74, 6) is -0.499. The van der Waals surface area contributed by atoms with Crippen molar-refractivity contribution in [2.24, 2.45) is 5.92 Å². The van der Waals surface area contributed by atoms with E-state index in [1.165, 1.54) is 6.42 Å². The number of hydrogen-bond acceptors (Lipinski definition) is 4. The van der Waals surface area contributed by atoms with Crippen LogP contribution in [0.15, 0.2) is 55.1 Å². The van der Waals surface area contributed by atoms with Gasteiger partial charge in [-0.1, -0.05) is 102 Å². The molecule has 2 aromatic rings. The van der Waals surface area contributed by atoms with E-state index in [1.807, 2.05) is 69.3 Å². The quantitative estimate of drug-likeness (QED) is 0.192. The molecule has 7 nitrogen and oxygen atoms in total. The van der Waals surface area contributed by atoms with E-state index < -0.39 is 23.8 Å². The van der Waals surface area contributed by atoms with Gasteiger partial charge in [0.2, 0.25) is 5.91 Å². The van der Waals surface area contributed by atoms with Crippen LogP contribution in [-0.4, -0.2) is 41.0 Å². The monoisotopic (exact) mass is 591 g/mol. The number of unbranched alkanes of at least 4 members (excludes halogenated alkanes) is 5. The van der Waals surface area contributed by atoms with Gasteiger partial charge in [0, 0.05) is 12.2 Å².